The number of rotatable bonds is 36. The van der Waals surface area contributed by atoms with E-state index in [0.29, 0.717) is 30.3 Å². The van der Waals surface area contributed by atoms with Gasteiger partial charge >= 0.3 is 11.9 Å². The van der Waals surface area contributed by atoms with E-state index in [1.54, 1.807) is 6.08 Å². The Hall–Kier alpha value is -1.81. The van der Waals surface area contributed by atoms with Crippen LogP contribution in [0.4, 0.5) is 0 Å². The highest BCUT2D eigenvalue weighted by molar-refractivity contribution is 7.45. The minimum atomic E-state index is -4.63. The standard InChI is InChI=1S/C41H76NO9P/c1-6-8-10-11-12-13-14-15-18-22-25-29-33-41(45)51-39(37-50-52(46,47)49-35-34-42(3,4)5)36-48-40(44)32-28-24-21-19-16-17-20-23-27-31-38(43)30-26-9-7-2/h9,20,23,26-27,31,38-39,43H,6-8,10-19,21-22,24-25,28-30,32-37H2,1-5H3/b23-20+,26-9+,31-27+/t38?,39-/m1/s1. The van der Waals surface area contributed by atoms with Crippen LogP contribution in [0.2, 0.25) is 0 Å². The number of ether oxygens (including phenoxy) is 2. The second-order valence-electron chi connectivity index (χ2n) is 14.8. The number of hydrogen-bond donors (Lipinski definition) is 1. The molecule has 0 aliphatic heterocycles. The highest BCUT2D eigenvalue weighted by atomic mass is 31.2. The zero-order valence-corrected chi connectivity index (χ0v) is 34.5. The molecule has 2 unspecified atom stereocenters. The van der Waals surface area contributed by atoms with Gasteiger partial charge in [0, 0.05) is 12.8 Å². The van der Waals surface area contributed by atoms with E-state index in [1.165, 1.54) is 51.4 Å². The van der Waals surface area contributed by atoms with E-state index in [4.69, 9.17) is 18.5 Å². The molecular weight excluding hydrogens is 681 g/mol. The predicted molar refractivity (Wildman–Crippen MR) is 210 cm³/mol. The zero-order valence-electron chi connectivity index (χ0n) is 33.6. The van der Waals surface area contributed by atoms with Crippen molar-refractivity contribution in [1.29, 1.82) is 0 Å². The van der Waals surface area contributed by atoms with Crippen molar-refractivity contribution in [3.05, 3.63) is 36.5 Å². The molecule has 304 valence electrons. The van der Waals surface area contributed by atoms with E-state index in [9.17, 15) is 24.2 Å². The lowest BCUT2D eigenvalue weighted by Gasteiger charge is -2.28. The number of carbonyl (C=O) groups excluding carboxylic acids is 2. The van der Waals surface area contributed by atoms with Crippen LogP contribution < -0.4 is 4.89 Å². The molecule has 0 bridgehead atoms. The van der Waals surface area contributed by atoms with Crippen LogP contribution in [-0.4, -0.2) is 81.2 Å². The number of nitrogens with zero attached hydrogens (tertiary/aromatic N) is 1. The number of aliphatic hydroxyl groups excluding tert-OH is 1. The average Bonchev–Trinajstić information content (AvgIpc) is 3.08. The number of esters is 2. The second-order valence-corrected chi connectivity index (χ2v) is 16.2. The number of unbranched alkanes of at least 4 members (excludes halogenated alkanes) is 16. The number of aliphatic hydroxyl groups is 1. The monoisotopic (exact) mass is 758 g/mol. The molecule has 0 radical (unpaired) electrons. The van der Waals surface area contributed by atoms with Gasteiger partial charge in [-0.15, -0.1) is 0 Å². The maximum absolute atomic E-state index is 12.6. The van der Waals surface area contributed by atoms with E-state index in [-0.39, 0.29) is 26.1 Å². The molecule has 0 saturated carbocycles. The molecule has 52 heavy (non-hydrogen) atoms. The van der Waals surface area contributed by atoms with Crippen molar-refractivity contribution in [3.63, 3.8) is 0 Å². The molecule has 0 aliphatic rings. The molecule has 1 N–H and O–H groups in total. The highest BCUT2D eigenvalue weighted by Crippen LogP contribution is 2.38. The summed E-state index contributed by atoms with van der Waals surface area (Å²) < 4.78 is 33.7. The van der Waals surface area contributed by atoms with Crippen molar-refractivity contribution < 1.29 is 47.2 Å². The molecule has 0 amide bonds. The fourth-order valence-corrected chi connectivity index (χ4v) is 6.01. The van der Waals surface area contributed by atoms with Gasteiger partial charge in [0.1, 0.15) is 19.8 Å². The normalized spacial score (nSPS) is 14.7. The van der Waals surface area contributed by atoms with Gasteiger partial charge in [-0.25, -0.2) is 0 Å². The minimum absolute atomic E-state index is 0.0425. The van der Waals surface area contributed by atoms with Gasteiger partial charge in [-0.05, 0) is 38.5 Å². The van der Waals surface area contributed by atoms with E-state index < -0.39 is 38.6 Å². The molecule has 0 rings (SSSR count). The molecule has 0 aliphatic carbocycles. The number of carbonyl (C=O) groups is 2. The summed E-state index contributed by atoms with van der Waals surface area (Å²) in [4.78, 5) is 37.4. The number of quaternary nitrogens is 1. The first kappa shape index (κ1) is 50.2. The fourth-order valence-electron chi connectivity index (χ4n) is 5.28. The molecule has 10 nitrogen and oxygen atoms in total. The van der Waals surface area contributed by atoms with Crippen LogP contribution in [0.25, 0.3) is 0 Å². The Kier molecular flexibility index (Phi) is 32.6. The first-order valence-electron chi connectivity index (χ1n) is 20.3. The second kappa shape index (κ2) is 33.7. The van der Waals surface area contributed by atoms with Crippen molar-refractivity contribution in [2.45, 2.75) is 167 Å². The SMILES string of the molecule is CC/C=C/CC(O)/C=C/C=C/CCCCCCCC(=O)OC[C@H](COP(=O)([O-])OCC[N+](C)(C)C)OC(=O)CCCCCCCCCCCCCC. The van der Waals surface area contributed by atoms with Crippen LogP contribution in [-0.2, 0) is 32.7 Å². The third-order valence-corrected chi connectivity index (χ3v) is 9.47. The van der Waals surface area contributed by atoms with E-state index >= 15 is 0 Å². The summed E-state index contributed by atoms with van der Waals surface area (Å²) >= 11 is 0. The number of hydrogen-bond acceptors (Lipinski definition) is 9. The predicted octanol–water partition coefficient (Wildman–Crippen LogP) is 9.30. The van der Waals surface area contributed by atoms with Gasteiger partial charge in [0.05, 0.1) is 33.9 Å². The molecule has 0 saturated heterocycles. The summed E-state index contributed by atoms with van der Waals surface area (Å²) in [5, 5.41) is 9.86. The van der Waals surface area contributed by atoms with Crippen molar-refractivity contribution >= 4 is 19.8 Å². The Balaban J connectivity index is 4.46. The maximum Gasteiger partial charge on any atom is 0.306 e. The van der Waals surface area contributed by atoms with Gasteiger partial charge in [0.25, 0.3) is 7.82 Å². The van der Waals surface area contributed by atoms with Crippen LogP contribution in [0.3, 0.4) is 0 Å². The van der Waals surface area contributed by atoms with Gasteiger partial charge in [0.2, 0.25) is 0 Å². The lowest BCUT2D eigenvalue weighted by atomic mass is 10.0. The average molecular weight is 758 g/mol. The summed E-state index contributed by atoms with van der Waals surface area (Å²) in [5.74, 6) is -0.889. The zero-order chi connectivity index (χ0) is 38.8. The molecule has 0 aromatic heterocycles. The Bertz CT molecular complexity index is 1010. The lowest BCUT2D eigenvalue weighted by Crippen LogP contribution is -2.37. The molecular formula is C41H76NO9P. The Morgan fingerprint density at radius 3 is 1.85 bits per heavy atom. The van der Waals surface area contributed by atoms with Gasteiger partial charge in [0.15, 0.2) is 6.10 Å². The molecule has 0 aromatic rings. The molecule has 0 heterocycles. The van der Waals surface area contributed by atoms with E-state index in [2.05, 4.69) is 19.9 Å². The lowest BCUT2D eigenvalue weighted by molar-refractivity contribution is -0.870. The number of allylic oxidation sites excluding steroid dienone is 4. The number of likely N-dealkylation sites (N-methyl/N-ethyl adjacent to an activating group) is 1. The third kappa shape index (κ3) is 36.5. The van der Waals surface area contributed by atoms with Gasteiger partial charge in [-0.1, -0.05) is 140 Å². The molecule has 11 heteroatoms. The molecule has 3 atom stereocenters. The van der Waals surface area contributed by atoms with Gasteiger partial charge in [-0.3, -0.25) is 14.2 Å². The largest absolute Gasteiger partial charge is 0.756 e. The molecule has 0 spiro atoms. The summed E-state index contributed by atoms with van der Waals surface area (Å²) in [5.41, 5.74) is 0. The van der Waals surface area contributed by atoms with Gasteiger partial charge < -0.3 is 33.0 Å². The van der Waals surface area contributed by atoms with Crippen LogP contribution >= 0.6 is 7.82 Å². The van der Waals surface area contributed by atoms with Crippen molar-refractivity contribution in [1.82, 2.24) is 0 Å². The van der Waals surface area contributed by atoms with E-state index in [0.717, 1.165) is 57.8 Å². The molecule has 0 fully saturated rings. The van der Waals surface area contributed by atoms with Crippen LogP contribution in [0.5, 0.6) is 0 Å². The minimum Gasteiger partial charge on any atom is -0.756 e. The third-order valence-electron chi connectivity index (χ3n) is 8.50. The Morgan fingerprint density at radius 2 is 1.27 bits per heavy atom. The summed E-state index contributed by atoms with van der Waals surface area (Å²) in [6, 6.07) is 0. The highest BCUT2D eigenvalue weighted by Gasteiger charge is 2.21. The number of phosphoric acid groups is 1. The van der Waals surface area contributed by atoms with Crippen molar-refractivity contribution in [2.75, 3.05) is 47.5 Å². The molecule has 0 aromatic carbocycles. The smallest absolute Gasteiger partial charge is 0.306 e. The number of phosphoric ester groups is 1. The van der Waals surface area contributed by atoms with Crippen molar-refractivity contribution in [3.8, 4) is 0 Å². The summed E-state index contributed by atoms with van der Waals surface area (Å²) in [7, 11) is 1.12. The topological polar surface area (TPSA) is 131 Å². The Labute approximate surface area is 317 Å². The van der Waals surface area contributed by atoms with Crippen LogP contribution in [0, 0.1) is 0 Å². The summed E-state index contributed by atoms with van der Waals surface area (Å²) in [6.07, 6.45) is 32.1. The Morgan fingerprint density at radius 1 is 0.712 bits per heavy atom. The first-order valence-corrected chi connectivity index (χ1v) is 21.8. The van der Waals surface area contributed by atoms with Crippen LogP contribution in [0.1, 0.15) is 155 Å². The summed E-state index contributed by atoms with van der Waals surface area (Å²) in [6.45, 7) is 3.96. The van der Waals surface area contributed by atoms with Crippen LogP contribution in [0.15, 0.2) is 36.5 Å². The van der Waals surface area contributed by atoms with E-state index in [1.807, 2.05) is 45.4 Å². The van der Waals surface area contributed by atoms with Crippen molar-refractivity contribution in [2.24, 2.45) is 0 Å². The first-order chi connectivity index (χ1) is 24.9. The maximum atomic E-state index is 12.6. The fraction of sp³-hybridized carbons (Fsp3) is 0.805. The van der Waals surface area contributed by atoms with Gasteiger partial charge in [-0.2, -0.15) is 0 Å². The quantitative estimate of drug-likeness (QED) is 0.0166.